The van der Waals surface area contributed by atoms with Crippen molar-refractivity contribution in [2.45, 2.75) is 78.1 Å². The van der Waals surface area contributed by atoms with Crippen molar-refractivity contribution in [2.75, 3.05) is 13.2 Å². The fourth-order valence-electron chi connectivity index (χ4n) is 5.01. The molecule has 186 valence electrons. The van der Waals surface area contributed by atoms with Crippen LogP contribution >= 0.6 is 0 Å². The van der Waals surface area contributed by atoms with Crippen LogP contribution in [0.3, 0.4) is 0 Å². The van der Waals surface area contributed by atoms with Crippen molar-refractivity contribution in [1.82, 2.24) is 0 Å². The molecule has 2 aliphatic rings. The van der Waals surface area contributed by atoms with Crippen LogP contribution in [-0.4, -0.2) is 19.2 Å². The standard InChI is InChI=1S/C32H40O3/c1-9-34-28(33)16-21(2)10-13-24-19-32(24,8)25-17-26(29-27(18-25)31(6,7)20-35-29)22-11-14-23(15-12-22)30(3,4)5/h10-18,24H,9,19-20H2,1-8H3/t24-,32+/m1/s1. The Kier molecular flexibility index (Phi) is 6.51. The number of fused-ring (bicyclic) bond motifs is 1. The summed E-state index contributed by atoms with van der Waals surface area (Å²) in [5.74, 6) is 1.19. The van der Waals surface area contributed by atoms with Gasteiger partial charge in [-0.2, -0.15) is 0 Å². The number of hydrogen-bond acceptors (Lipinski definition) is 3. The topological polar surface area (TPSA) is 35.5 Å². The van der Waals surface area contributed by atoms with Gasteiger partial charge in [0.25, 0.3) is 0 Å². The Morgan fingerprint density at radius 3 is 2.46 bits per heavy atom. The van der Waals surface area contributed by atoms with Crippen LogP contribution in [0.15, 0.2) is 60.2 Å². The molecule has 0 radical (unpaired) electrons. The minimum Gasteiger partial charge on any atom is -0.492 e. The third kappa shape index (κ3) is 5.10. The summed E-state index contributed by atoms with van der Waals surface area (Å²) < 4.78 is 11.3. The first-order chi connectivity index (χ1) is 16.3. The lowest BCUT2D eigenvalue weighted by molar-refractivity contribution is -0.137. The van der Waals surface area contributed by atoms with Crippen molar-refractivity contribution < 1.29 is 14.3 Å². The largest absolute Gasteiger partial charge is 0.492 e. The van der Waals surface area contributed by atoms with E-state index in [9.17, 15) is 4.79 Å². The highest BCUT2D eigenvalue weighted by Gasteiger charge is 2.50. The van der Waals surface area contributed by atoms with E-state index in [-0.39, 0.29) is 22.2 Å². The molecule has 0 bridgehead atoms. The summed E-state index contributed by atoms with van der Waals surface area (Å²) in [6.45, 7) is 18.5. The van der Waals surface area contributed by atoms with Gasteiger partial charge in [-0.15, -0.1) is 0 Å². The molecule has 1 fully saturated rings. The molecule has 3 heteroatoms. The zero-order chi connectivity index (χ0) is 25.6. The minimum absolute atomic E-state index is 0.0129. The van der Waals surface area contributed by atoms with Crippen LogP contribution in [0, 0.1) is 5.92 Å². The van der Waals surface area contributed by atoms with E-state index >= 15 is 0 Å². The predicted octanol–water partition coefficient (Wildman–Crippen LogP) is 7.66. The third-order valence-corrected chi connectivity index (χ3v) is 7.64. The van der Waals surface area contributed by atoms with Crippen molar-refractivity contribution in [3.63, 3.8) is 0 Å². The summed E-state index contributed by atoms with van der Waals surface area (Å²) in [5.41, 5.74) is 7.51. The van der Waals surface area contributed by atoms with Crippen LogP contribution in [0.5, 0.6) is 5.75 Å². The molecule has 1 heterocycles. The molecule has 35 heavy (non-hydrogen) atoms. The van der Waals surface area contributed by atoms with Crippen LogP contribution in [0.25, 0.3) is 11.1 Å². The Labute approximate surface area is 211 Å². The van der Waals surface area contributed by atoms with Crippen LogP contribution in [0.2, 0.25) is 0 Å². The van der Waals surface area contributed by atoms with E-state index in [1.165, 1.54) is 27.8 Å². The molecular formula is C32H40O3. The van der Waals surface area contributed by atoms with Crippen LogP contribution < -0.4 is 4.74 Å². The summed E-state index contributed by atoms with van der Waals surface area (Å²) in [6.07, 6.45) is 6.96. The number of benzene rings is 2. The second-order valence-corrected chi connectivity index (χ2v) is 12.1. The van der Waals surface area contributed by atoms with Crippen molar-refractivity contribution in [3.05, 3.63) is 76.9 Å². The van der Waals surface area contributed by atoms with Gasteiger partial charge in [0.2, 0.25) is 0 Å². The molecule has 0 saturated heterocycles. The molecule has 1 aliphatic heterocycles. The molecule has 0 N–H and O–H groups in total. The molecule has 3 nitrogen and oxygen atoms in total. The van der Waals surface area contributed by atoms with E-state index in [0.29, 0.717) is 19.1 Å². The fourth-order valence-corrected chi connectivity index (χ4v) is 5.01. The first-order valence-electron chi connectivity index (χ1n) is 12.8. The van der Waals surface area contributed by atoms with Gasteiger partial charge in [-0.25, -0.2) is 4.79 Å². The average molecular weight is 473 g/mol. The molecule has 0 amide bonds. The van der Waals surface area contributed by atoms with Crippen molar-refractivity contribution in [3.8, 4) is 16.9 Å². The molecule has 2 aromatic rings. The summed E-state index contributed by atoms with van der Waals surface area (Å²) in [4.78, 5) is 11.7. The van der Waals surface area contributed by atoms with Gasteiger partial charge in [-0.05, 0) is 65.3 Å². The quantitative estimate of drug-likeness (QED) is 0.246. The second-order valence-electron chi connectivity index (χ2n) is 12.1. The van der Waals surface area contributed by atoms with Gasteiger partial charge in [0.1, 0.15) is 5.75 Å². The molecule has 1 aliphatic carbocycles. The Morgan fingerprint density at radius 1 is 1.14 bits per heavy atom. The van der Waals surface area contributed by atoms with E-state index in [1.54, 1.807) is 6.08 Å². The van der Waals surface area contributed by atoms with E-state index in [2.05, 4.69) is 90.1 Å². The van der Waals surface area contributed by atoms with Crippen molar-refractivity contribution in [2.24, 2.45) is 5.92 Å². The SMILES string of the molecule is CCOC(=O)C=C(C)C=C[C@@H]1C[C@]1(C)c1cc(-c2ccc(C(C)(C)C)cc2)c2c(c1)C(C)(C)CO2. The van der Waals surface area contributed by atoms with E-state index < -0.39 is 0 Å². The Hall–Kier alpha value is -2.81. The third-order valence-electron chi connectivity index (χ3n) is 7.64. The normalized spacial score (nSPS) is 23.2. The number of allylic oxidation sites excluding steroid dienone is 3. The lowest BCUT2D eigenvalue weighted by Crippen LogP contribution is -2.18. The smallest absolute Gasteiger partial charge is 0.330 e. The monoisotopic (exact) mass is 472 g/mol. The number of carbonyl (C=O) groups excluding carboxylic acids is 1. The zero-order valence-corrected chi connectivity index (χ0v) is 22.6. The van der Waals surface area contributed by atoms with Crippen LogP contribution in [-0.2, 0) is 25.8 Å². The lowest BCUT2D eigenvalue weighted by atomic mass is 9.81. The van der Waals surface area contributed by atoms with Gasteiger partial charge in [0, 0.05) is 22.6 Å². The minimum atomic E-state index is -0.281. The highest BCUT2D eigenvalue weighted by atomic mass is 16.5. The molecule has 4 rings (SSSR count). The molecule has 0 unspecified atom stereocenters. The van der Waals surface area contributed by atoms with Gasteiger partial charge < -0.3 is 9.47 Å². The molecule has 1 saturated carbocycles. The van der Waals surface area contributed by atoms with Gasteiger partial charge in [-0.3, -0.25) is 0 Å². The predicted molar refractivity (Wildman–Crippen MR) is 144 cm³/mol. The number of hydrogen-bond donors (Lipinski definition) is 0. The first kappa shape index (κ1) is 25.3. The fraction of sp³-hybridized carbons (Fsp3) is 0.469. The summed E-state index contributed by atoms with van der Waals surface area (Å²) in [5, 5.41) is 0. The summed E-state index contributed by atoms with van der Waals surface area (Å²) in [6, 6.07) is 13.7. The maximum atomic E-state index is 11.7. The highest BCUT2D eigenvalue weighted by molar-refractivity contribution is 5.83. The average Bonchev–Trinajstić information content (AvgIpc) is 3.36. The van der Waals surface area contributed by atoms with Crippen molar-refractivity contribution in [1.29, 1.82) is 0 Å². The zero-order valence-electron chi connectivity index (χ0n) is 22.6. The maximum Gasteiger partial charge on any atom is 0.330 e. The second kappa shape index (κ2) is 9.00. The van der Waals surface area contributed by atoms with E-state index in [4.69, 9.17) is 9.47 Å². The van der Waals surface area contributed by atoms with Gasteiger partial charge in [-0.1, -0.05) is 84.0 Å². The Morgan fingerprint density at radius 2 is 1.83 bits per heavy atom. The Bertz CT molecular complexity index is 1170. The Balaban J connectivity index is 1.67. The maximum absolute atomic E-state index is 11.7. The van der Waals surface area contributed by atoms with Crippen LogP contribution in [0.1, 0.15) is 78.5 Å². The van der Waals surface area contributed by atoms with Gasteiger partial charge >= 0.3 is 5.97 Å². The first-order valence-corrected chi connectivity index (χ1v) is 12.8. The highest BCUT2D eigenvalue weighted by Crippen LogP contribution is 2.57. The van der Waals surface area contributed by atoms with Crippen LogP contribution in [0.4, 0.5) is 0 Å². The van der Waals surface area contributed by atoms with E-state index in [0.717, 1.165) is 17.7 Å². The number of esters is 1. The van der Waals surface area contributed by atoms with E-state index in [1.807, 2.05) is 13.8 Å². The molecule has 2 atom stereocenters. The number of carbonyl (C=O) groups is 1. The number of ether oxygens (including phenoxy) is 2. The molecule has 0 aromatic heterocycles. The van der Waals surface area contributed by atoms with Gasteiger partial charge in [0.15, 0.2) is 0 Å². The van der Waals surface area contributed by atoms with Crippen molar-refractivity contribution >= 4 is 5.97 Å². The number of rotatable bonds is 6. The summed E-state index contributed by atoms with van der Waals surface area (Å²) in [7, 11) is 0. The lowest BCUT2D eigenvalue weighted by Gasteiger charge is -2.21. The molecule has 2 aromatic carbocycles. The molecule has 0 spiro atoms. The molecular weight excluding hydrogens is 432 g/mol. The summed E-state index contributed by atoms with van der Waals surface area (Å²) >= 11 is 0. The van der Waals surface area contributed by atoms with Gasteiger partial charge in [0.05, 0.1) is 13.2 Å².